The van der Waals surface area contributed by atoms with Gasteiger partial charge in [0.15, 0.2) is 0 Å². The van der Waals surface area contributed by atoms with Gasteiger partial charge in [-0.2, -0.15) is 0 Å². The smallest absolute Gasteiger partial charge is 0.0682 e. The molecule has 2 N–H and O–H groups in total. The molecular weight excluding hydrogens is 280 g/mol. The first-order chi connectivity index (χ1) is 10.3. The van der Waals surface area contributed by atoms with Gasteiger partial charge in [0.05, 0.1) is 13.2 Å². The maximum absolute atomic E-state index is 9.23. The molecule has 0 aliphatic heterocycles. The van der Waals surface area contributed by atoms with E-state index in [9.17, 15) is 10.2 Å². The molecule has 0 amide bonds. The zero-order chi connectivity index (χ0) is 14.7. The van der Waals surface area contributed by atoms with Crippen molar-refractivity contribution in [3.8, 4) is 20.9 Å². The molecule has 0 aliphatic rings. The molecule has 0 fully saturated rings. The van der Waals surface area contributed by atoms with Crippen molar-refractivity contribution in [3.63, 3.8) is 0 Å². The number of aliphatic hydroxyl groups is 2. The molecule has 3 aromatic rings. The minimum Gasteiger partial charge on any atom is -0.392 e. The van der Waals surface area contributed by atoms with E-state index >= 15 is 0 Å². The Morgan fingerprint density at radius 3 is 1.57 bits per heavy atom. The van der Waals surface area contributed by atoms with Crippen LogP contribution >= 0.6 is 11.3 Å². The highest BCUT2D eigenvalue weighted by Crippen LogP contribution is 2.35. The Kier molecular flexibility index (Phi) is 4.15. The molecule has 0 spiro atoms. The molecule has 0 bridgehead atoms. The Morgan fingerprint density at radius 2 is 1.14 bits per heavy atom. The highest BCUT2D eigenvalue weighted by atomic mass is 32.1. The minimum absolute atomic E-state index is 0.0601. The van der Waals surface area contributed by atoms with E-state index in [1.807, 2.05) is 36.4 Å². The van der Waals surface area contributed by atoms with Gasteiger partial charge in [0.2, 0.25) is 0 Å². The quantitative estimate of drug-likeness (QED) is 0.762. The first-order valence-corrected chi connectivity index (χ1v) is 7.62. The second kappa shape index (κ2) is 6.22. The highest BCUT2D eigenvalue weighted by Gasteiger charge is 2.06. The summed E-state index contributed by atoms with van der Waals surface area (Å²) < 4.78 is 0. The van der Waals surface area contributed by atoms with Gasteiger partial charge in [-0.15, -0.1) is 11.3 Å². The third-order valence-electron chi connectivity index (χ3n) is 3.39. The van der Waals surface area contributed by atoms with Gasteiger partial charge in [0.1, 0.15) is 0 Å². The monoisotopic (exact) mass is 296 g/mol. The predicted octanol–water partition coefficient (Wildman–Crippen LogP) is 4.07. The molecule has 3 heteroatoms. The summed E-state index contributed by atoms with van der Waals surface area (Å²) >= 11 is 1.71. The summed E-state index contributed by atoms with van der Waals surface area (Å²) in [5.41, 5.74) is 4.08. The van der Waals surface area contributed by atoms with E-state index in [1.54, 1.807) is 11.3 Å². The first-order valence-electron chi connectivity index (χ1n) is 6.80. The summed E-state index contributed by atoms with van der Waals surface area (Å²) in [5.74, 6) is 0. The third-order valence-corrected chi connectivity index (χ3v) is 4.58. The van der Waals surface area contributed by atoms with Gasteiger partial charge in [-0.05, 0) is 46.5 Å². The lowest BCUT2D eigenvalue weighted by Gasteiger charge is -2.02. The molecule has 2 nitrogen and oxygen atoms in total. The largest absolute Gasteiger partial charge is 0.392 e. The van der Waals surface area contributed by atoms with Gasteiger partial charge in [0.25, 0.3) is 0 Å². The van der Waals surface area contributed by atoms with Gasteiger partial charge in [0, 0.05) is 9.75 Å². The fourth-order valence-electron chi connectivity index (χ4n) is 2.29. The molecule has 1 aromatic heterocycles. The van der Waals surface area contributed by atoms with Crippen LogP contribution in [0.1, 0.15) is 11.1 Å². The maximum atomic E-state index is 9.23. The average molecular weight is 296 g/mol. The molecule has 0 aliphatic carbocycles. The van der Waals surface area contributed by atoms with Crippen molar-refractivity contribution in [2.45, 2.75) is 13.2 Å². The zero-order valence-electron chi connectivity index (χ0n) is 11.5. The molecule has 0 saturated carbocycles. The normalized spacial score (nSPS) is 10.8. The van der Waals surface area contributed by atoms with Crippen molar-refractivity contribution in [1.82, 2.24) is 0 Å². The summed E-state index contributed by atoms with van der Waals surface area (Å²) in [4.78, 5) is 2.35. The Balaban J connectivity index is 1.95. The van der Waals surface area contributed by atoms with Crippen molar-refractivity contribution in [3.05, 3.63) is 71.8 Å². The number of rotatable bonds is 4. The van der Waals surface area contributed by atoms with Crippen LogP contribution in [0.25, 0.3) is 20.9 Å². The number of hydrogen-bond acceptors (Lipinski definition) is 3. The van der Waals surface area contributed by atoms with Crippen molar-refractivity contribution < 1.29 is 10.2 Å². The molecule has 0 atom stereocenters. The summed E-state index contributed by atoms with van der Waals surface area (Å²) in [6.45, 7) is 0.120. The van der Waals surface area contributed by atoms with Crippen molar-refractivity contribution in [2.24, 2.45) is 0 Å². The lowest BCUT2D eigenvalue weighted by Crippen LogP contribution is -1.82. The fourth-order valence-corrected chi connectivity index (χ4v) is 3.29. The predicted molar refractivity (Wildman–Crippen MR) is 87.0 cm³/mol. The Bertz CT molecular complexity index is 684. The highest BCUT2D eigenvalue weighted by molar-refractivity contribution is 7.18. The molecule has 0 radical (unpaired) electrons. The van der Waals surface area contributed by atoms with E-state index in [0.717, 1.165) is 22.3 Å². The van der Waals surface area contributed by atoms with Gasteiger partial charge < -0.3 is 10.2 Å². The van der Waals surface area contributed by atoms with Crippen LogP contribution in [0.4, 0.5) is 0 Å². The third kappa shape index (κ3) is 3.05. The van der Waals surface area contributed by atoms with Crippen LogP contribution in [-0.4, -0.2) is 10.2 Å². The number of thiophene rings is 1. The Morgan fingerprint density at radius 1 is 0.667 bits per heavy atom. The van der Waals surface area contributed by atoms with E-state index in [0.29, 0.717) is 0 Å². The molecule has 1 heterocycles. The van der Waals surface area contributed by atoms with Crippen LogP contribution in [-0.2, 0) is 13.2 Å². The molecule has 2 aromatic carbocycles. The molecule has 106 valence electrons. The number of hydrogen-bond donors (Lipinski definition) is 2. The van der Waals surface area contributed by atoms with Crippen LogP contribution in [0.2, 0.25) is 0 Å². The van der Waals surface area contributed by atoms with Crippen molar-refractivity contribution in [2.75, 3.05) is 0 Å². The van der Waals surface area contributed by atoms with Gasteiger partial charge in [-0.25, -0.2) is 0 Å². The van der Waals surface area contributed by atoms with Crippen LogP contribution in [0.5, 0.6) is 0 Å². The zero-order valence-corrected chi connectivity index (χ0v) is 12.3. The van der Waals surface area contributed by atoms with Gasteiger partial charge in [-0.3, -0.25) is 0 Å². The summed E-state index contributed by atoms with van der Waals surface area (Å²) in [7, 11) is 0. The van der Waals surface area contributed by atoms with Crippen LogP contribution < -0.4 is 0 Å². The van der Waals surface area contributed by atoms with E-state index in [-0.39, 0.29) is 13.2 Å². The Hall–Kier alpha value is -1.94. The van der Waals surface area contributed by atoms with Gasteiger partial charge >= 0.3 is 0 Å². The van der Waals surface area contributed by atoms with Crippen molar-refractivity contribution >= 4 is 11.3 Å². The van der Waals surface area contributed by atoms with E-state index in [4.69, 9.17) is 0 Å². The number of aliphatic hydroxyl groups excluding tert-OH is 2. The average Bonchev–Trinajstić information content (AvgIpc) is 3.05. The SMILES string of the molecule is OCc1cccc(-c2ccc(-c3cccc(CO)c3)s2)c1. The molecule has 0 unspecified atom stereocenters. The standard InChI is InChI=1S/C18H16O2S/c19-11-13-3-1-5-15(9-13)17-7-8-18(21-17)16-6-2-4-14(10-16)12-20/h1-10,19-20H,11-12H2. The second-order valence-electron chi connectivity index (χ2n) is 4.88. The molecular formula is C18H16O2S. The van der Waals surface area contributed by atoms with E-state index in [1.165, 1.54) is 9.75 Å². The summed E-state index contributed by atoms with van der Waals surface area (Å²) in [5, 5.41) is 18.5. The van der Waals surface area contributed by atoms with Crippen molar-refractivity contribution in [1.29, 1.82) is 0 Å². The Labute approximate surface area is 128 Å². The van der Waals surface area contributed by atoms with E-state index in [2.05, 4.69) is 24.3 Å². The topological polar surface area (TPSA) is 40.5 Å². The summed E-state index contributed by atoms with van der Waals surface area (Å²) in [6.07, 6.45) is 0. The fraction of sp³-hybridized carbons (Fsp3) is 0.111. The first kappa shape index (κ1) is 14.0. The van der Waals surface area contributed by atoms with E-state index < -0.39 is 0 Å². The molecule has 3 rings (SSSR count). The van der Waals surface area contributed by atoms with Crippen LogP contribution in [0, 0.1) is 0 Å². The molecule has 0 saturated heterocycles. The lowest BCUT2D eigenvalue weighted by molar-refractivity contribution is 0.281. The minimum atomic E-state index is 0.0601. The lowest BCUT2D eigenvalue weighted by atomic mass is 10.1. The maximum Gasteiger partial charge on any atom is 0.0682 e. The second-order valence-corrected chi connectivity index (χ2v) is 5.96. The van der Waals surface area contributed by atoms with Gasteiger partial charge in [-0.1, -0.05) is 36.4 Å². The van der Waals surface area contributed by atoms with Crippen LogP contribution in [0.3, 0.4) is 0 Å². The summed E-state index contributed by atoms with van der Waals surface area (Å²) in [6, 6.07) is 20.1. The number of benzene rings is 2. The van der Waals surface area contributed by atoms with Crippen LogP contribution in [0.15, 0.2) is 60.7 Å². The molecule has 21 heavy (non-hydrogen) atoms.